The first-order valence-corrected chi connectivity index (χ1v) is 12.9. The molecule has 1 saturated heterocycles. The van der Waals surface area contributed by atoms with E-state index >= 15 is 0 Å². The van der Waals surface area contributed by atoms with Gasteiger partial charge in [0.1, 0.15) is 4.34 Å². The van der Waals surface area contributed by atoms with Crippen molar-refractivity contribution in [3.05, 3.63) is 57.5 Å². The highest BCUT2D eigenvalue weighted by atomic mass is 32.2. The first-order valence-electron chi connectivity index (χ1n) is 10.2. The van der Waals surface area contributed by atoms with Crippen LogP contribution < -0.4 is 5.32 Å². The zero-order valence-electron chi connectivity index (χ0n) is 17.3. The Kier molecular flexibility index (Phi) is 7.20. The summed E-state index contributed by atoms with van der Waals surface area (Å²) in [5, 5.41) is 7.76. The van der Waals surface area contributed by atoms with E-state index in [0.717, 1.165) is 46.8 Å². The molecule has 0 saturated carbocycles. The lowest BCUT2D eigenvalue weighted by molar-refractivity contribution is 0.102. The van der Waals surface area contributed by atoms with Gasteiger partial charge < -0.3 is 0 Å². The fraction of sp³-hybridized carbons (Fsp3) is 0.409. The van der Waals surface area contributed by atoms with Gasteiger partial charge in [-0.1, -0.05) is 36.9 Å². The SMILES string of the molecule is Cc1csc(SCc2ccccc2C(=O)Nc2nc(CN3CCCC(C)C3)cs2)n1. The zero-order chi connectivity index (χ0) is 20.9. The van der Waals surface area contributed by atoms with Crippen LogP contribution in [0.3, 0.4) is 0 Å². The summed E-state index contributed by atoms with van der Waals surface area (Å²) in [7, 11) is 0. The summed E-state index contributed by atoms with van der Waals surface area (Å²) in [4.78, 5) is 24.5. The molecule has 1 amide bonds. The molecule has 3 aromatic rings. The summed E-state index contributed by atoms with van der Waals surface area (Å²) >= 11 is 4.80. The number of rotatable bonds is 7. The van der Waals surface area contributed by atoms with Crippen LogP contribution in [-0.2, 0) is 12.3 Å². The van der Waals surface area contributed by atoms with Crippen molar-refractivity contribution < 1.29 is 4.79 Å². The molecular weight excluding hydrogens is 432 g/mol. The maximum atomic E-state index is 12.9. The number of thiazole rings is 2. The van der Waals surface area contributed by atoms with Crippen molar-refractivity contribution in [1.82, 2.24) is 14.9 Å². The van der Waals surface area contributed by atoms with Gasteiger partial charge in [-0.15, -0.1) is 22.7 Å². The van der Waals surface area contributed by atoms with Crippen molar-refractivity contribution in [1.29, 1.82) is 0 Å². The molecule has 1 fully saturated rings. The molecule has 1 aromatic carbocycles. The average Bonchev–Trinajstić information content (AvgIpc) is 3.35. The molecule has 0 radical (unpaired) electrons. The van der Waals surface area contributed by atoms with Gasteiger partial charge in [-0.3, -0.25) is 15.0 Å². The van der Waals surface area contributed by atoms with Crippen molar-refractivity contribution in [3.8, 4) is 0 Å². The van der Waals surface area contributed by atoms with Crippen LogP contribution in [-0.4, -0.2) is 33.9 Å². The minimum absolute atomic E-state index is 0.103. The lowest BCUT2D eigenvalue weighted by atomic mass is 10.0. The number of hydrogen-bond acceptors (Lipinski definition) is 7. The van der Waals surface area contributed by atoms with E-state index in [1.165, 1.54) is 24.2 Å². The lowest BCUT2D eigenvalue weighted by Crippen LogP contribution is -2.33. The highest BCUT2D eigenvalue weighted by molar-refractivity contribution is 8.00. The maximum absolute atomic E-state index is 12.9. The highest BCUT2D eigenvalue weighted by Gasteiger charge is 2.18. The molecule has 0 spiro atoms. The third-order valence-electron chi connectivity index (χ3n) is 5.11. The smallest absolute Gasteiger partial charge is 0.257 e. The van der Waals surface area contributed by atoms with E-state index in [9.17, 15) is 4.79 Å². The van der Waals surface area contributed by atoms with Gasteiger partial charge in [0.05, 0.1) is 5.69 Å². The van der Waals surface area contributed by atoms with Crippen molar-refractivity contribution in [3.63, 3.8) is 0 Å². The number of carbonyl (C=O) groups is 1. The quantitative estimate of drug-likeness (QED) is 0.461. The molecule has 1 aliphatic rings. The van der Waals surface area contributed by atoms with Crippen molar-refractivity contribution in [2.45, 2.75) is 43.3 Å². The van der Waals surface area contributed by atoms with Crippen LogP contribution in [0.5, 0.6) is 0 Å². The number of nitrogens with zero attached hydrogens (tertiary/aromatic N) is 3. The fourth-order valence-corrected chi connectivity index (χ4v) is 6.22. The van der Waals surface area contributed by atoms with Crippen LogP contribution in [0.4, 0.5) is 5.13 Å². The summed E-state index contributed by atoms with van der Waals surface area (Å²) in [6, 6.07) is 7.76. The topological polar surface area (TPSA) is 58.1 Å². The van der Waals surface area contributed by atoms with Gasteiger partial charge >= 0.3 is 0 Å². The minimum atomic E-state index is -0.103. The average molecular weight is 459 g/mol. The normalized spacial score (nSPS) is 17.2. The van der Waals surface area contributed by atoms with Gasteiger partial charge in [0.25, 0.3) is 5.91 Å². The Morgan fingerprint density at radius 2 is 2.13 bits per heavy atom. The Morgan fingerprint density at radius 3 is 2.93 bits per heavy atom. The number of nitrogens with one attached hydrogen (secondary N) is 1. The number of aromatic nitrogens is 2. The van der Waals surface area contributed by atoms with Crippen LogP contribution in [0.2, 0.25) is 0 Å². The van der Waals surface area contributed by atoms with Gasteiger partial charge in [0.15, 0.2) is 5.13 Å². The number of carbonyl (C=O) groups excluding carboxylic acids is 1. The van der Waals surface area contributed by atoms with Gasteiger partial charge in [-0.25, -0.2) is 9.97 Å². The third kappa shape index (κ3) is 5.69. The third-order valence-corrected chi connectivity index (χ3v) is 8.10. The van der Waals surface area contributed by atoms with E-state index in [2.05, 4.69) is 32.5 Å². The first-order chi connectivity index (χ1) is 14.6. The Balaban J connectivity index is 1.37. The Hall–Kier alpha value is -1.74. The highest BCUT2D eigenvalue weighted by Crippen LogP contribution is 2.28. The largest absolute Gasteiger partial charge is 0.298 e. The number of amides is 1. The van der Waals surface area contributed by atoms with E-state index in [-0.39, 0.29) is 5.91 Å². The number of piperidine rings is 1. The summed E-state index contributed by atoms with van der Waals surface area (Å²) in [5.74, 6) is 1.36. The molecular formula is C22H26N4OS3. The Labute approximate surface area is 190 Å². The summed E-state index contributed by atoms with van der Waals surface area (Å²) in [5.41, 5.74) is 3.77. The molecule has 0 bridgehead atoms. The molecule has 30 heavy (non-hydrogen) atoms. The van der Waals surface area contributed by atoms with Crippen LogP contribution in [0.25, 0.3) is 0 Å². The second-order valence-electron chi connectivity index (χ2n) is 7.78. The van der Waals surface area contributed by atoms with E-state index < -0.39 is 0 Å². The second-order valence-corrected chi connectivity index (χ2v) is 10.7. The fourth-order valence-electron chi connectivity index (χ4n) is 3.67. The van der Waals surface area contributed by atoms with Gasteiger partial charge in [0, 0.05) is 40.9 Å². The summed E-state index contributed by atoms with van der Waals surface area (Å²) in [6.07, 6.45) is 2.57. The zero-order valence-corrected chi connectivity index (χ0v) is 19.7. The number of likely N-dealkylation sites (tertiary alicyclic amines) is 1. The van der Waals surface area contributed by atoms with Gasteiger partial charge in [0.2, 0.25) is 0 Å². The number of benzene rings is 1. The molecule has 158 valence electrons. The first kappa shape index (κ1) is 21.5. The predicted molar refractivity (Wildman–Crippen MR) is 127 cm³/mol. The molecule has 8 heteroatoms. The minimum Gasteiger partial charge on any atom is -0.298 e. The number of hydrogen-bond donors (Lipinski definition) is 1. The maximum Gasteiger partial charge on any atom is 0.257 e. The molecule has 1 N–H and O–H groups in total. The number of aryl methyl sites for hydroxylation is 1. The van der Waals surface area contributed by atoms with Crippen molar-refractivity contribution in [2.24, 2.45) is 5.92 Å². The van der Waals surface area contributed by atoms with E-state index in [1.807, 2.05) is 36.6 Å². The van der Waals surface area contributed by atoms with E-state index in [4.69, 9.17) is 0 Å². The monoisotopic (exact) mass is 458 g/mol. The predicted octanol–water partition coefficient (Wildman–Crippen LogP) is 5.68. The molecule has 1 unspecified atom stereocenters. The molecule has 1 aliphatic heterocycles. The number of anilines is 1. The van der Waals surface area contributed by atoms with Crippen LogP contribution in [0.1, 0.15) is 47.1 Å². The van der Waals surface area contributed by atoms with Crippen molar-refractivity contribution in [2.75, 3.05) is 18.4 Å². The molecule has 0 aliphatic carbocycles. The Bertz CT molecular complexity index is 1000. The molecule has 1 atom stereocenters. The standard InChI is InChI=1S/C22H26N4OS3/c1-15-6-5-9-26(10-15)11-18-14-28-21(24-18)25-20(27)19-8-4-3-7-17(19)13-30-22-23-16(2)12-29-22/h3-4,7-8,12,14-15H,5-6,9-11,13H2,1-2H3,(H,24,25,27). The van der Waals surface area contributed by atoms with Crippen LogP contribution >= 0.6 is 34.4 Å². The lowest BCUT2D eigenvalue weighted by Gasteiger charge is -2.30. The molecule has 3 heterocycles. The second kappa shape index (κ2) is 10.0. The van der Waals surface area contributed by atoms with Gasteiger partial charge in [-0.05, 0) is 43.9 Å². The molecule has 2 aromatic heterocycles. The van der Waals surface area contributed by atoms with E-state index in [0.29, 0.717) is 16.4 Å². The Morgan fingerprint density at radius 1 is 1.27 bits per heavy atom. The van der Waals surface area contributed by atoms with Crippen LogP contribution in [0.15, 0.2) is 39.4 Å². The molecule has 5 nitrogen and oxygen atoms in total. The summed E-state index contributed by atoms with van der Waals surface area (Å²) in [6.45, 7) is 7.42. The van der Waals surface area contributed by atoms with Crippen molar-refractivity contribution >= 4 is 45.5 Å². The molecule has 4 rings (SSSR count). The number of thioether (sulfide) groups is 1. The van der Waals surface area contributed by atoms with E-state index in [1.54, 1.807) is 23.1 Å². The van der Waals surface area contributed by atoms with Gasteiger partial charge in [-0.2, -0.15) is 0 Å². The van der Waals surface area contributed by atoms with Crippen LogP contribution in [0, 0.1) is 12.8 Å². The summed E-state index contributed by atoms with van der Waals surface area (Å²) < 4.78 is 1.03.